The summed E-state index contributed by atoms with van der Waals surface area (Å²) >= 11 is 0. The summed E-state index contributed by atoms with van der Waals surface area (Å²) in [6.45, 7) is 5.95. The Morgan fingerprint density at radius 1 is 1.27 bits per heavy atom. The van der Waals surface area contributed by atoms with Gasteiger partial charge in [-0.2, -0.15) is 0 Å². The Labute approximate surface area is 93.6 Å². The van der Waals surface area contributed by atoms with Gasteiger partial charge in [0.05, 0.1) is 0 Å². The maximum atomic E-state index is 5.62. The molecule has 0 spiro atoms. The zero-order chi connectivity index (χ0) is 10.7. The smallest absolute Gasteiger partial charge is 0.0104 e. The van der Waals surface area contributed by atoms with E-state index in [0.29, 0.717) is 0 Å². The largest absolute Gasteiger partial charge is 0.330 e. The Kier molecular flexibility index (Phi) is 4.00. The first-order valence-electron chi connectivity index (χ1n) is 6.42. The van der Waals surface area contributed by atoms with E-state index in [1.54, 1.807) is 0 Å². The standard InChI is InChI=1S/C12H25N3/c1-14-6-3-2-4-12(14)5-7-15-9-11(8-13)10-15/h11-12H,2-10,13H2,1H3. The van der Waals surface area contributed by atoms with Crippen LogP contribution in [0.3, 0.4) is 0 Å². The van der Waals surface area contributed by atoms with Crippen molar-refractivity contribution < 1.29 is 0 Å². The highest BCUT2D eigenvalue weighted by molar-refractivity contribution is 4.82. The van der Waals surface area contributed by atoms with Crippen molar-refractivity contribution in [3.05, 3.63) is 0 Å². The third kappa shape index (κ3) is 2.92. The van der Waals surface area contributed by atoms with Crippen molar-refractivity contribution in [1.29, 1.82) is 0 Å². The molecule has 2 N–H and O–H groups in total. The van der Waals surface area contributed by atoms with Gasteiger partial charge in [-0.15, -0.1) is 0 Å². The van der Waals surface area contributed by atoms with Crippen molar-refractivity contribution in [2.24, 2.45) is 11.7 Å². The number of hydrogen-bond acceptors (Lipinski definition) is 3. The van der Waals surface area contributed by atoms with Crippen molar-refractivity contribution in [2.45, 2.75) is 31.7 Å². The third-order valence-corrected chi connectivity index (χ3v) is 4.07. The van der Waals surface area contributed by atoms with Crippen LogP contribution in [-0.2, 0) is 0 Å². The maximum Gasteiger partial charge on any atom is 0.0104 e. The Morgan fingerprint density at radius 2 is 2.07 bits per heavy atom. The van der Waals surface area contributed by atoms with Crippen LogP contribution >= 0.6 is 0 Å². The fourth-order valence-corrected chi connectivity index (χ4v) is 2.85. The molecule has 2 saturated heterocycles. The SMILES string of the molecule is CN1CCCCC1CCN1CC(CN)C1. The minimum Gasteiger partial charge on any atom is -0.330 e. The summed E-state index contributed by atoms with van der Waals surface area (Å²) in [5, 5.41) is 0. The molecule has 2 fully saturated rings. The summed E-state index contributed by atoms with van der Waals surface area (Å²) in [6.07, 6.45) is 5.59. The Morgan fingerprint density at radius 3 is 2.73 bits per heavy atom. The average Bonchev–Trinajstić information content (AvgIpc) is 2.18. The summed E-state index contributed by atoms with van der Waals surface area (Å²) in [5.74, 6) is 0.786. The summed E-state index contributed by atoms with van der Waals surface area (Å²) in [4.78, 5) is 5.10. The maximum absolute atomic E-state index is 5.62. The lowest BCUT2D eigenvalue weighted by molar-refractivity contribution is 0.0835. The van der Waals surface area contributed by atoms with Gasteiger partial charge in [-0.25, -0.2) is 0 Å². The van der Waals surface area contributed by atoms with Gasteiger partial charge in [0.1, 0.15) is 0 Å². The van der Waals surface area contributed by atoms with E-state index in [9.17, 15) is 0 Å². The normalized spacial score (nSPS) is 30.4. The second-order valence-corrected chi connectivity index (χ2v) is 5.28. The number of nitrogens with zero attached hydrogens (tertiary/aromatic N) is 2. The van der Waals surface area contributed by atoms with E-state index in [4.69, 9.17) is 5.73 Å². The van der Waals surface area contributed by atoms with E-state index < -0.39 is 0 Å². The number of nitrogens with two attached hydrogens (primary N) is 1. The molecule has 15 heavy (non-hydrogen) atoms. The lowest BCUT2D eigenvalue weighted by Gasteiger charge is -2.41. The molecule has 3 heteroatoms. The van der Waals surface area contributed by atoms with Crippen LogP contribution in [0.1, 0.15) is 25.7 Å². The molecule has 0 aromatic rings. The molecule has 0 aromatic heterocycles. The van der Waals surface area contributed by atoms with Gasteiger partial charge in [0.15, 0.2) is 0 Å². The van der Waals surface area contributed by atoms with Crippen LogP contribution in [0.4, 0.5) is 0 Å². The first-order chi connectivity index (χ1) is 7.29. The van der Waals surface area contributed by atoms with Crippen molar-refractivity contribution >= 4 is 0 Å². The van der Waals surface area contributed by atoms with Gasteiger partial charge < -0.3 is 15.5 Å². The highest BCUT2D eigenvalue weighted by Gasteiger charge is 2.26. The molecule has 0 amide bonds. The molecule has 3 nitrogen and oxygen atoms in total. The van der Waals surface area contributed by atoms with Crippen molar-refractivity contribution in [3.8, 4) is 0 Å². The van der Waals surface area contributed by atoms with E-state index in [1.807, 2.05) is 0 Å². The van der Waals surface area contributed by atoms with Gasteiger partial charge in [-0.1, -0.05) is 6.42 Å². The predicted octanol–water partition coefficient (Wildman–Crippen LogP) is 0.751. The monoisotopic (exact) mass is 211 g/mol. The molecule has 0 aromatic carbocycles. The minimum atomic E-state index is 0.786. The van der Waals surface area contributed by atoms with Crippen LogP contribution in [0.5, 0.6) is 0 Å². The minimum absolute atomic E-state index is 0.786. The van der Waals surface area contributed by atoms with E-state index in [0.717, 1.165) is 18.5 Å². The van der Waals surface area contributed by atoms with Crippen molar-refractivity contribution in [3.63, 3.8) is 0 Å². The zero-order valence-corrected chi connectivity index (χ0v) is 9.99. The first-order valence-corrected chi connectivity index (χ1v) is 6.42. The zero-order valence-electron chi connectivity index (χ0n) is 9.99. The molecule has 0 radical (unpaired) electrons. The summed E-state index contributed by atoms with van der Waals surface area (Å²) in [6, 6.07) is 0.843. The first kappa shape index (κ1) is 11.4. The highest BCUT2D eigenvalue weighted by Crippen LogP contribution is 2.20. The summed E-state index contributed by atoms with van der Waals surface area (Å²) < 4.78 is 0. The van der Waals surface area contributed by atoms with Crippen molar-refractivity contribution in [1.82, 2.24) is 9.80 Å². The Hall–Kier alpha value is -0.120. The Bertz CT molecular complexity index is 189. The topological polar surface area (TPSA) is 32.5 Å². The van der Waals surface area contributed by atoms with Gasteiger partial charge in [0, 0.05) is 19.1 Å². The number of piperidine rings is 1. The quantitative estimate of drug-likeness (QED) is 0.745. The van der Waals surface area contributed by atoms with Crippen LogP contribution in [0, 0.1) is 5.92 Å². The molecule has 1 atom stereocenters. The van der Waals surface area contributed by atoms with Crippen LogP contribution in [0.15, 0.2) is 0 Å². The third-order valence-electron chi connectivity index (χ3n) is 4.07. The fraction of sp³-hybridized carbons (Fsp3) is 1.00. The van der Waals surface area contributed by atoms with Gasteiger partial charge in [-0.3, -0.25) is 0 Å². The fourth-order valence-electron chi connectivity index (χ4n) is 2.85. The van der Waals surface area contributed by atoms with Crippen molar-refractivity contribution in [2.75, 3.05) is 39.8 Å². The lowest BCUT2D eigenvalue weighted by atomic mass is 9.97. The van der Waals surface area contributed by atoms with E-state index in [-0.39, 0.29) is 0 Å². The molecular weight excluding hydrogens is 186 g/mol. The van der Waals surface area contributed by atoms with Crippen LogP contribution < -0.4 is 5.73 Å². The van der Waals surface area contributed by atoms with Gasteiger partial charge in [-0.05, 0) is 51.9 Å². The van der Waals surface area contributed by atoms with E-state index in [1.165, 1.54) is 51.9 Å². The molecule has 1 unspecified atom stereocenters. The molecular formula is C12H25N3. The molecule has 0 aliphatic carbocycles. The van der Waals surface area contributed by atoms with Gasteiger partial charge in [0.25, 0.3) is 0 Å². The Balaban J connectivity index is 1.61. The number of likely N-dealkylation sites (tertiary alicyclic amines) is 2. The molecule has 2 heterocycles. The molecule has 0 bridgehead atoms. The highest BCUT2D eigenvalue weighted by atomic mass is 15.2. The van der Waals surface area contributed by atoms with E-state index in [2.05, 4.69) is 16.8 Å². The second-order valence-electron chi connectivity index (χ2n) is 5.28. The molecule has 2 rings (SSSR count). The van der Waals surface area contributed by atoms with Crippen LogP contribution in [0.25, 0.3) is 0 Å². The van der Waals surface area contributed by atoms with Gasteiger partial charge >= 0.3 is 0 Å². The van der Waals surface area contributed by atoms with E-state index >= 15 is 0 Å². The summed E-state index contributed by atoms with van der Waals surface area (Å²) in [7, 11) is 2.28. The van der Waals surface area contributed by atoms with Crippen LogP contribution in [-0.4, -0.2) is 55.6 Å². The lowest BCUT2D eigenvalue weighted by Crippen LogP contribution is -2.51. The number of hydrogen-bond donors (Lipinski definition) is 1. The summed E-state index contributed by atoms with van der Waals surface area (Å²) in [5.41, 5.74) is 5.62. The second kappa shape index (κ2) is 5.28. The van der Waals surface area contributed by atoms with Gasteiger partial charge in [0.2, 0.25) is 0 Å². The van der Waals surface area contributed by atoms with Crippen LogP contribution in [0.2, 0.25) is 0 Å². The number of rotatable bonds is 4. The molecule has 2 aliphatic heterocycles. The molecule has 88 valence electrons. The molecule has 0 saturated carbocycles. The average molecular weight is 211 g/mol. The predicted molar refractivity (Wildman–Crippen MR) is 63.9 cm³/mol. The molecule has 2 aliphatic rings.